The Morgan fingerprint density at radius 3 is 2.17 bits per heavy atom. The Morgan fingerprint density at radius 1 is 0.957 bits per heavy atom. The maximum atomic E-state index is 12.4. The maximum absolute atomic E-state index is 12.4. The van der Waals surface area contributed by atoms with Crippen LogP contribution in [0.2, 0.25) is 0 Å². The molecule has 0 bridgehead atoms. The van der Waals surface area contributed by atoms with E-state index in [0.29, 0.717) is 11.7 Å². The van der Waals surface area contributed by atoms with E-state index in [1.807, 2.05) is 24.3 Å². The van der Waals surface area contributed by atoms with Crippen LogP contribution in [0.3, 0.4) is 0 Å². The second kappa shape index (κ2) is 7.68. The van der Waals surface area contributed by atoms with Crippen molar-refractivity contribution in [2.24, 2.45) is 0 Å². The molecule has 0 saturated carbocycles. The van der Waals surface area contributed by atoms with Crippen LogP contribution in [0.4, 0.5) is 5.69 Å². The molecule has 0 aliphatic carbocycles. The largest absolute Gasteiger partial charge is 0.497 e. The summed E-state index contributed by atoms with van der Waals surface area (Å²) >= 11 is 0. The number of carbonyl (C=O) groups is 1. The molecule has 23 heavy (non-hydrogen) atoms. The fourth-order valence-electron chi connectivity index (χ4n) is 2.26. The molecule has 0 aliphatic rings. The van der Waals surface area contributed by atoms with E-state index in [9.17, 15) is 4.79 Å². The Kier molecular flexibility index (Phi) is 5.63. The van der Waals surface area contributed by atoms with Crippen LogP contribution in [-0.4, -0.2) is 19.1 Å². The third kappa shape index (κ3) is 4.49. The maximum Gasteiger partial charge on any atom is 0.265 e. The van der Waals surface area contributed by atoms with E-state index < -0.39 is 6.10 Å². The van der Waals surface area contributed by atoms with Crippen LogP contribution in [-0.2, 0) is 4.79 Å². The summed E-state index contributed by atoms with van der Waals surface area (Å²) < 4.78 is 10.8. The Hall–Kier alpha value is -2.49. The molecule has 0 fully saturated rings. The molecule has 0 heterocycles. The molecule has 4 heteroatoms. The highest BCUT2D eigenvalue weighted by Crippen LogP contribution is 2.24. The first-order valence-electron chi connectivity index (χ1n) is 7.71. The molecular formula is C19H23NO3. The number of ether oxygens (including phenoxy) is 2. The first-order valence-corrected chi connectivity index (χ1v) is 7.71. The minimum absolute atomic E-state index is 0.172. The summed E-state index contributed by atoms with van der Waals surface area (Å²) in [4.78, 5) is 12.4. The first-order chi connectivity index (χ1) is 11.0. The molecule has 1 amide bonds. The zero-order valence-corrected chi connectivity index (χ0v) is 14.0. The van der Waals surface area contributed by atoms with Crippen molar-refractivity contribution in [2.75, 3.05) is 12.4 Å². The van der Waals surface area contributed by atoms with Gasteiger partial charge < -0.3 is 14.8 Å². The number of carbonyl (C=O) groups excluding carboxylic acids is 1. The number of para-hydroxylation sites is 1. The van der Waals surface area contributed by atoms with Crippen LogP contribution in [0.5, 0.6) is 11.5 Å². The zero-order valence-electron chi connectivity index (χ0n) is 14.0. The average molecular weight is 313 g/mol. The van der Waals surface area contributed by atoms with Crippen LogP contribution in [0.15, 0.2) is 48.5 Å². The summed E-state index contributed by atoms with van der Waals surface area (Å²) in [6, 6.07) is 15.0. The Bertz CT molecular complexity index is 650. The van der Waals surface area contributed by atoms with E-state index in [-0.39, 0.29) is 5.91 Å². The minimum Gasteiger partial charge on any atom is -0.497 e. The molecule has 4 nitrogen and oxygen atoms in total. The fraction of sp³-hybridized carbons (Fsp3) is 0.316. The van der Waals surface area contributed by atoms with E-state index in [0.717, 1.165) is 17.0 Å². The van der Waals surface area contributed by atoms with Gasteiger partial charge in [-0.2, -0.15) is 0 Å². The average Bonchev–Trinajstić information content (AvgIpc) is 2.55. The highest BCUT2D eigenvalue weighted by molar-refractivity contribution is 5.94. The molecule has 0 aliphatic heterocycles. The van der Waals surface area contributed by atoms with E-state index in [1.165, 1.54) is 0 Å². The predicted octanol–water partition coefficient (Wildman–Crippen LogP) is 4.22. The Labute approximate surface area is 137 Å². The van der Waals surface area contributed by atoms with Gasteiger partial charge in [0.05, 0.1) is 7.11 Å². The molecule has 0 spiro atoms. The summed E-state index contributed by atoms with van der Waals surface area (Å²) in [6.07, 6.45) is -0.594. The van der Waals surface area contributed by atoms with Gasteiger partial charge in [0.25, 0.3) is 5.91 Å². The van der Waals surface area contributed by atoms with Crippen molar-refractivity contribution in [1.82, 2.24) is 0 Å². The van der Waals surface area contributed by atoms with Crippen molar-refractivity contribution < 1.29 is 14.3 Å². The van der Waals surface area contributed by atoms with Crippen molar-refractivity contribution >= 4 is 11.6 Å². The smallest absolute Gasteiger partial charge is 0.265 e. The van der Waals surface area contributed by atoms with Gasteiger partial charge in [0.2, 0.25) is 0 Å². The Morgan fingerprint density at radius 2 is 1.57 bits per heavy atom. The molecule has 2 aromatic carbocycles. The standard InChI is InChI=1S/C19H23NO3/c1-13(2)17-7-5-6-8-18(17)20-19(21)14(3)23-16-11-9-15(22-4)10-12-16/h5-14H,1-4H3,(H,20,21)/t14-/m0/s1. The van der Waals surface area contributed by atoms with Crippen molar-refractivity contribution in [3.8, 4) is 11.5 Å². The molecular weight excluding hydrogens is 290 g/mol. The topological polar surface area (TPSA) is 47.6 Å². The van der Waals surface area contributed by atoms with Crippen LogP contribution >= 0.6 is 0 Å². The molecule has 1 N–H and O–H groups in total. The summed E-state index contributed by atoms with van der Waals surface area (Å²) in [6.45, 7) is 5.93. The van der Waals surface area contributed by atoms with E-state index in [4.69, 9.17) is 9.47 Å². The summed E-state index contributed by atoms with van der Waals surface area (Å²) in [5, 5.41) is 2.95. The van der Waals surface area contributed by atoms with E-state index in [2.05, 4.69) is 19.2 Å². The van der Waals surface area contributed by atoms with Gasteiger partial charge in [0.15, 0.2) is 6.10 Å². The Balaban J connectivity index is 2.02. The second-order valence-electron chi connectivity index (χ2n) is 5.67. The van der Waals surface area contributed by atoms with Gasteiger partial charge in [-0.05, 0) is 48.7 Å². The minimum atomic E-state index is -0.594. The lowest BCUT2D eigenvalue weighted by Crippen LogP contribution is -2.30. The monoisotopic (exact) mass is 313 g/mol. The van der Waals surface area contributed by atoms with Crippen LogP contribution < -0.4 is 14.8 Å². The number of nitrogens with one attached hydrogen (secondary N) is 1. The van der Waals surface area contributed by atoms with E-state index in [1.54, 1.807) is 38.3 Å². The number of rotatable bonds is 6. The van der Waals surface area contributed by atoms with Gasteiger partial charge in [-0.15, -0.1) is 0 Å². The van der Waals surface area contributed by atoms with Gasteiger partial charge in [-0.3, -0.25) is 4.79 Å². The lowest BCUT2D eigenvalue weighted by molar-refractivity contribution is -0.122. The van der Waals surface area contributed by atoms with E-state index >= 15 is 0 Å². The normalized spacial score (nSPS) is 11.9. The molecule has 0 radical (unpaired) electrons. The van der Waals surface area contributed by atoms with Gasteiger partial charge in [-0.1, -0.05) is 32.0 Å². The second-order valence-corrected chi connectivity index (χ2v) is 5.67. The summed E-state index contributed by atoms with van der Waals surface area (Å²) in [5.41, 5.74) is 1.94. The van der Waals surface area contributed by atoms with Gasteiger partial charge in [0, 0.05) is 5.69 Å². The van der Waals surface area contributed by atoms with Crippen molar-refractivity contribution in [3.63, 3.8) is 0 Å². The number of amides is 1. The number of benzene rings is 2. The molecule has 1 atom stereocenters. The molecule has 122 valence electrons. The number of anilines is 1. The molecule has 0 unspecified atom stereocenters. The quantitative estimate of drug-likeness (QED) is 0.868. The van der Waals surface area contributed by atoms with Gasteiger partial charge in [0.1, 0.15) is 11.5 Å². The summed E-state index contributed by atoms with van der Waals surface area (Å²) in [5.74, 6) is 1.55. The van der Waals surface area contributed by atoms with Crippen molar-refractivity contribution in [2.45, 2.75) is 32.8 Å². The van der Waals surface area contributed by atoms with Crippen LogP contribution in [0, 0.1) is 0 Å². The lowest BCUT2D eigenvalue weighted by atomic mass is 10.0. The fourth-order valence-corrected chi connectivity index (χ4v) is 2.26. The molecule has 0 aromatic heterocycles. The van der Waals surface area contributed by atoms with Gasteiger partial charge >= 0.3 is 0 Å². The SMILES string of the molecule is COc1ccc(O[C@@H](C)C(=O)Nc2ccccc2C(C)C)cc1. The number of hydrogen-bond acceptors (Lipinski definition) is 3. The first kappa shape index (κ1) is 16.9. The predicted molar refractivity (Wildman–Crippen MR) is 92.2 cm³/mol. The molecule has 0 saturated heterocycles. The molecule has 2 aromatic rings. The molecule has 2 rings (SSSR count). The summed E-state index contributed by atoms with van der Waals surface area (Å²) in [7, 11) is 1.61. The highest BCUT2D eigenvalue weighted by Gasteiger charge is 2.17. The third-order valence-corrected chi connectivity index (χ3v) is 3.58. The van der Waals surface area contributed by atoms with Crippen LogP contribution in [0.1, 0.15) is 32.3 Å². The van der Waals surface area contributed by atoms with Crippen LogP contribution in [0.25, 0.3) is 0 Å². The van der Waals surface area contributed by atoms with Crippen molar-refractivity contribution in [1.29, 1.82) is 0 Å². The highest BCUT2D eigenvalue weighted by atomic mass is 16.5. The number of methoxy groups -OCH3 is 1. The van der Waals surface area contributed by atoms with Gasteiger partial charge in [-0.25, -0.2) is 0 Å². The number of hydrogen-bond donors (Lipinski definition) is 1. The third-order valence-electron chi connectivity index (χ3n) is 3.58. The zero-order chi connectivity index (χ0) is 16.8. The lowest BCUT2D eigenvalue weighted by Gasteiger charge is -2.18. The van der Waals surface area contributed by atoms with Crippen molar-refractivity contribution in [3.05, 3.63) is 54.1 Å².